The average Bonchev–Trinajstić information content (AvgIpc) is 3.36. The zero-order valence-electron chi connectivity index (χ0n) is 17.3. The van der Waals surface area contributed by atoms with Gasteiger partial charge in [0.15, 0.2) is 16.7 Å². The summed E-state index contributed by atoms with van der Waals surface area (Å²) < 4.78 is 35.2. The zero-order chi connectivity index (χ0) is 23.6. The molecule has 1 aromatic carbocycles. The van der Waals surface area contributed by atoms with Crippen LogP contribution in [0.5, 0.6) is 0 Å². The highest BCUT2D eigenvalue weighted by Crippen LogP contribution is 2.55. The lowest BCUT2D eigenvalue weighted by Gasteiger charge is -2.17. The molecule has 1 fully saturated rings. The van der Waals surface area contributed by atoms with E-state index in [0.29, 0.717) is 36.4 Å². The van der Waals surface area contributed by atoms with Crippen molar-refractivity contribution in [2.75, 3.05) is 17.8 Å². The number of fused-ring (bicyclic) bond motifs is 1. The highest BCUT2D eigenvalue weighted by molar-refractivity contribution is 7.70. The molecule has 4 N–H and O–H groups in total. The van der Waals surface area contributed by atoms with Crippen LogP contribution >= 0.6 is 26.8 Å². The number of hydrogen-bond acceptors (Lipinski definition) is 7. The molecule has 11 nitrogen and oxygen atoms in total. The van der Waals surface area contributed by atoms with Gasteiger partial charge in [0.1, 0.15) is 6.10 Å². The minimum Gasteiger partial charge on any atom is -0.378 e. The minimum absolute atomic E-state index is 0.265. The summed E-state index contributed by atoms with van der Waals surface area (Å²) in [6.07, 6.45) is 1.82. The molecule has 3 atom stereocenters. The molecule has 14 heteroatoms. The first kappa shape index (κ1) is 24.3. The minimum atomic E-state index is -4.68. The molecule has 1 aliphatic rings. The van der Waals surface area contributed by atoms with Crippen LogP contribution in [0, 0.1) is 0 Å². The first-order chi connectivity index (χ1) is 15.6. The van der Waals surface area contributed by atoms with Crippen LogP contribution in [0.3, 0.4) is 0 Å². The normalized spacial score (nSPS) is 20.7. The van der Waals surface area contributed by atoms with Crippen molar-refractivity contribution in [2.45, 2.75) is 31.6 Å². The molecular formula is C19H23ClN4O7P2. The molecule has 3 heterocycles. The quantitative estimate of drug-likeness (QED) is 0.310. The fourth-order valence-electron chi connectivity index (χ4n) is 3.62. The van der Waals surface area contributed by atoms with Crippen molar-refractivity contribution < 1.29 is 33.1 Å². The van der Waals surface area contributed by atoms with Gasteiger partial charge in [0.2, 0.25) is 0 Å². The van der Waals surface area contributed by atoms with Crippen molar-refractivity contribution >= 4 is 38.1 Å². The summed E-state index contributed by atoms with van der Waals surface area (Å²) in [5.74, 6) is -1.23. The van der Waals surface area contributed by atoms with Gasteiger partial charge in [-0.1, -0.05) is 41.9 Å². The molecule has 2 aromatic heterocycles. The van der Waals surface area contributed by atoms with E-state index >= 15 is 0 Å². The van der Waals surface area contributed by atoms with Crippen molar-refractivity contribution in [3.05, 3.63) is 59.0 Å². The molecule has 33 heavy (non-hydrogen) atoms. The van der Waals surface area contributed by atoms with Gasteiger partial charge in [0, 0.05) is 12.6 Å². The van der Waals surface area contributed by atoms with Crippen molar-refractivity contribution in [3.63, 3.8) is 0 Å². The number of ether oxygens (including phenoxy) is 1. The molecule has 1 aliphatic heterocycles. The standard InChI is InChI=1S/C19H23ClN4O7P2/c20-18-8-15(21-9-13-4-2-1-3-5-13)19-22-10-16(24(19)23-18)17-7-6-14(31-17)11-30-33(28,29)12-32(25,26)27/h1-5,8,10,14,17,21H,6-7,9,11-12H2,(H,28,29)(H2,25,26,27)/t14-,17?/m0/s1. The Bertz CT molecular complexity index is 1220. The van der Waals surface area contributed by atoms with E-state index in [-0.39, 0.29) is 11.8 Å². The van der Waals surface area contributed by atoms with Crippen LogP contribution in [0.15, 0.2) is 42.6 Å². The lowest BCUT2D eigenvalue weighted by atomic mass is 10.1. The number of nitrogens with one attached hydrogen (secondary N) is 1. The van der Waals surface area contributed by atoms with Crippen LogP contribution in [-0.2, 0) is 24.9 Å². The maximum Gasteiger partial charge on any atom is 0.340 e. The summed E-state index contributed by atoms with van der Waals surface area (Å²) in [6.45, 7) is 0.313. The van der Waals surface area contributed by atoms with Gasteiger partial charge in [0.05, 0.1) is 30.3 Å². The smallest absolute Gasteiger partial charge is 0.340 e. The van der Waals surface area contributed by atoms with Gasteiger partial charge in [-0.25, -0.2) is 9.50 Å². The van der Waals surface area contributed by atoms with E-state index < -0.39 is 33.3 Å². The molecule has 0 radical (unpaired) electrons. The topological polar surface area (TPSA) is 156 Å². The Balaban J connectivity index is 1.44. The second-order valence-electron chi connectivity index (χ2n) is 7.70. The summed E-state index contributed by atoms with van der Waals surface area (Å²) in [6, 6.07) is 11.6. The Kier molecular flexibility index (Phi) is 7.23. The molecule has 0 aliphatic carbocycles. The highest BCUT2D eigenvalue weighted by atomic mass is 35.5. The number of anilines is 1. The maximum atomic E-state index is 11.9. The lowest BCUT2D eigenvalue weighted by Crippen LogP contribution is -2.15. The first-order valence-electron chi connectivity index (χ1n) is 10.1. The Labute approximate surface area is 194 Å². The van der Waals surface area contributed by atoms with Crippen molar-refractivity contribution in [3.8, 4) is 0 Å². The predicted octanol–water partition coefficient (Wildman–Crippen LogP) is 3.55. The summed E-state index contributed by atoms with van der Waals surface area (Å²) >= 11 is 6.24. The third kappa shape index (κ3) is 6.41. The van der Waals surface area contributed by atoms with Crippen LogP contribution < -0.4 is 5.32 Å². The lowest BCUT2D eigenvalue weighted by molar-refractivity contribution is 0.0125. The number of imidazole rings is 1. The Morgan fingerprint density at radius 3 is 2.70 bits per heavy atom. The zero-order valence-corrected chi connectivity index (χ0v) is 19.9. The highest BCUT2D eigenvalue weighted by Gasteiger charge is 2.35. The SMILES string of the molecule is O=P(O)(O)CP(=O)(O)OC[C@@H]1CCC(c2cnc3c(NCc4ccccc4)cc(Cl)nn23)O1. The molecule has 3 aromatic rings. The Morgan fingerprint density at radius 2 is 1.97 bits per heavy atom. The summed E-state index contributed by atoms with van der Waals surface area (Å²) in [5.41, 5.74) is 3.05. The fourth-order valence-corrected chi connectivity index (χ4v) is 6.39. The van der Waals surface area contributed by atoms with Crippen molar-refractivity contribution in [1.82, 2.24) is 14.6 Å². The molecule has 0 amide bonds. The summed E-state index contributed by atoms with van der Waals surface area (Å²) in [4.78, 5) is 31.9. The monoisotopic (exact) mass is 516 g/mol. The van der Waals surface area contributed by atoms with Crippen LogP contribution in [0.2, 0.25) is 5.15 Å². The molecular weight excluding hydrogens is 494 g/mol. The number of hydrogen-bond donors (Lipinski definition) is 4. The van der Waals surface area contributed by atoms with Crippen molar-refractivity contribution in [2.24, 2.45) is 0 Å². The fraction of sp³-hybridized carbons (Fsp3) is 0.368. The van der Waals surface area contributed by atoms with Crippen molar-refractivity contribution in [1.29, 1.82) is 0 Å². The van der Waals surface area contributed by atoms with E-state index in [9.17, 15) is 14.0 Å². The molecule has 2 unspecified atom stereocenters. The first-order valence-corrected chi connectivity index (χ1v) is 14.0. The van der Waals surface area contributed by atoms with E-state index in [4.69, 9.17) is 30.6 Å². The number of benzene rings is 1. The van der Waals surface area contributed by atoms with Crippen LogP contribution in [-0.4, -0.2) is 47.9 Å². The number of aromatic nitrogens is 3. The number of halogens is 1. The predicted molar refractivity (Wildman–Crippen MR) is 121 cm³/mol. The van der Waals surface area contributed by atoms with Gasteiger partial charge in [-0.3, -0.25) is 9.13 Å². The van der Waals surface area contributed by atoms with Crippen LogP contribution in [0.1, 0.15) is 30.2 Å². The van der Waals surface area contributed by atoms with E-state index in [2.05, 4.69) is 15.4 Å². The summed E-state index contributed by atoms with van der Waals surface area (Å²) in [7, 11) is -9.11. The molecule has 4 rings (SSSR count). The third-order valence-corrected chi connectivity index (χ3v) is 8.69. The van der Waals surface area contributed by atoms with Gasteiger partial charge in [0.25, 0.3) is 0 Å². The Hall–Kier alpha value is -1.81. The third-order valence-electron chi connectivity index (χ3n) is 5.05. The van der Waals surface area contributed by atoms with E-state index in [0.717, 1.165) is 5.56 Å². The van der Waals surface area contributed by atoms with Crippen LogP contribution in [0.4, 0.5) is 5.69 Å². The average molecular weight is 517 g/mol. The number of nitrogens with zero attached hydrogens (tertiary/aromatic N) is 3. The second-order valence-corrected chi connectivity index (χ2v) is 12.1. The number of rotatable bonds is 9. The van der Waals surface area contributed by atoms with Gasteiger partial charge in [-0.05, 0) is 18.4 Å². The van der Waals surface area contributed by atoms with Gasteiger partial charge >= 0.3 is 15.2 Å². The van der Waals surface area contributed by atoms with Gasteiger partial charge < -0.3 is 29.3 Å². The van der Waals surface area contributed by atoms with Crippen LogP contribution in [0.25, 0.3) is 5.65 Å². The molecule has 0 saturated carbocycles. The van der Waals surface area contributed by atoms with E-state index in [1.165, 1.54) is 0 Å². The Morgan fingerprint density at radius 1 is 1.21 bits per heavy atom. The second kappa shape index (κ2) is 9.82. The van der Waals surface area contributed by atoms with E-state index in [1.807, 2.05) is 30.3 Å². The molecule has 0 bridgehead atoms. The maximum absolute atomic E-state index is 11.9. The van der Waals surface area contributed by atoms with E-state index in [1.54, 1.807) is 16.8 Å². The largest absolute Gasteiger partial charge is 0.378 e. The van der Waals surface area contributed by atoms with Gasteiger partial charge in [-0.2, -0.15) is 5.10 Å². The molecule has 1 saturated heterocycles. The van der Waals surface area contributed by atoms with Gasteiger partial charge in [-0.15, -0.1) is 0 Å². The summed E-state index contributed by atoms with van der Waals surface area (Å²) in [5, 5.41) is 7.94. The molecule has 0 spiro atoms. The molecule has 178 valence electrons.